The number of aliphatic imine (C=N–C) groups is 1. The van der Waals surface area contributed by atoms with E-state index >= 15 is 0 Å². The van der Waals surface area contributed by atoms with Crippen molar-refractivity contribution in [2.45, 2.75) is 24.2 Å². The maximum Gasteiger partial charge on any atom is 0.191 e. The lowest BCUT2D eigenvalue weighted by Crippen LogP contribution is -2.37. The number of hydrogen-bond acceptors (Lipinski definition) is 5. The van der Waals surface area contributed by atoms with Crippen LogP contribution in [-0.2, 0) is 13.6 Å². The van der Waals surface area contributed by atoms with Crippen LogP contribution in [0.5, 0.6) is 0 Å². The van der Waals surface area contributed by atoms with Crippen molar-refractivity contribution in [3.8, 4) is 0 Å². The van der Waals surface area contributed by atoms with Crippen LogP contribution >= 0.6 is 47.1 Å². The Labute approximate surface area is 162 Å². The Bertz CT molecular complexity index is 570. The molecule has 0 saturated heterocycles. The highest BCUT2D eigenvalue weighted by molar-refractivity contribution is 14.0. The van der Waals surface area contributed by atoms with Crippen molar-refractivity contribution in [3.05, 3.63) is 29.5 Å². The van der Waals surface area contributed by atoms with E-state index in [-0.39, 0.29) is 24.0 Å². The monoisotopic (exact) mass is 466 g/mol. The molecule has 23 heavy (non-hydrogen) atoms. The van der Waals surface area contributed by atoms with Crippen LogP contribution in [0.25, 0.3) is 0 Å². The molecule has 0 aromatic carbocycles. The third-order valence-electron chi connectivity index (χ3n) is 2.91. The summed E-state index contributed by atoms with van der Waals surface area (Å²) in [5.74, 6) is 1.91. The highest BCUT2D eigenvalue weighted by Gasteiger charge is 2.01. The van der Waals surface area contributed by atoms with Gasteiger partial charge in [0, 0.05) is 43.7 Å². The zero-order valence-electron chi connectivity index (χ0n) is 13.4. The van der Waals surface area contributed by atoms with Gasteiger partial charge >= 0.3 is 0 Å². The molecule has 0 radical (unpaired) electrons. The standard InChI is InChI=1S/C14H22N6S2.HI/c1-3-15-13(18-11-12-5-7-19-20(12)2)16-6-4-9-21-14-17-8-10-22-14;/h5,7-8,10H,3-4,6,9,11H2,1-2H3,(H2,15,16,18);1H. The van der Waals surface area contributed by atoms with Crippen LogP contribution in [0.15, 0.2) is 33.2 Å². The lowest BCUT2D eigenvalue weighted by Gasteiger charge is -2.11. The van der Waals surface area contributed by atoms with Crippen molar-refractivity contribution < 1.29 is 0 Å². The number of thiazole rings is 1. The Morgan fingerprint density at radius 2 is 2.26 bits per heavy atom. The lowest BCUT2D eigenvalue weighted by atomic mass is 10.4. The minimum Gasteiger partial charge on any atom is -0.357 e. The van der Waals surface area contributed by atoms with E-state index in [2.05, 4.69) is 32.6 Å². The van der Waals surface area contributed by atoms with Gasteiger partial charge in [0.15, 0.2) is 5.96 Å². The Hall–Kier alpha value is -0.810. The second-order valence-electron chi connectivity index (χ2n) is 4.57. The number of thioether (sulfide) groups is 1. The van der Waals surface area contributed by atoms with Crippen molar-refractivity contribution in [1.82, 2.24) is 25.4 Å². The van der Waals surface area contributed by atoms with Gasteiger partial charge in [0.1, 0.15) is 4.34 Å². The third kappa shape index (κ3) is 7.53. The molecule has 2 rings (SSSR count). The molecule has 128 valence electrons. The number of halogens is 1. The van der Waals surface area contributed by atoms with E-state index < -0.39 is 0 Å². The van der Waals surface area contributed by atoms with Crippen molar-refractivity contribution in [2.75, 3.05) is 18.8 Å². The Morgan fingerprint density at radius 3 is 2.91 bits per heavy atom. The van der Waals surface area contributed by atoms with Crippen LogP contribution in [0.2, 0.25) is 0 Å². The van der Waals surface area contributed by atoms with E-state index in [0.717, 1.165) is 41.3 Å². The van der Waals surface area contributed by atoms with E-state index in [1.807, 2.05) is 29.4 Å². The molecule has 9 heteroatoms. The van der Waals surface area contributed by atoms with Crippen molar-refractivity contribution in [2.24, 2.45) is 12.0 Å². The van der Waals surface area contributed by atoms with Gasteiger partial charge in [0.2, 0.25) is 0 Å². The number of rotatable bonds is 8. The molecule has 0 aliphatic carbocycles. The van der Waals surface area contributed by atoms with Gasteiger partial charge in [-0.3, -0.25) is 4.68 Å². The third-order valence-corrected chi connectivity index (χ3v) is 4.97. The molecular formula is C14H23IN6S2. The van der Waals surface area contributed by atoms with Gasteiger partial charge in [-0.2, -0.15) is 5.10 Å². The van der Waals surface area contributed by atoms with Crippen LogP contribution < -0.4 is 10.6 Å². The summed E-state index contributed by atoms with van der Waals surface area (Å²) in [6, 6.07) is 1.98. The normalized spacial score (nSPS) is 11.1. The molecule has 0 spiro atoms. The van der Waals surface area contributed by atoms with Crippen LogP contribution in [0.1, 0.15) is 19.0 Å². The summed E-state index contributed by atoms with van der Waals surface area (Å²) in [6.07, 6.45) is 4.71. The lowest BCUT2D eigenvalue weighted by molar-refractivity contribution is 0.706. The highest BCUT2D eigenvalue weighted by atomic mass is 127. The summed E-state index contributed by atoms with van der Waals surface area (Å²) in [5.41, 5.74) is 1.09. The summed E-state index contributed by atoms with van der Waals surface area (Å²) in [4.78, 5) is 8.84. The number of guanidine groups is 1. The molecule has 0 aliphatic heterocycles. The molecule has 2 heterocycles. The number of hydrogen-bond donors (Lipinski definition) is 2. The van der Waals surface area contributed by atoms with Gasteiger partial charge < -0.3 is 10.6 Å². The van der Waals surface area contributed by atoms with Gasteiger partial charge in [0.05, 0.1) is 12.2 Å². The summed E-state index contributed by atoms with van der Waals surface area (Å²) in [5, 5.41) is 12.8. The average Bonchev–Trinajstić information content (AvgIpc) is 3.16. The number of aryl methyl sites for hydroxylation is 1. The van der Waals surface area contributed by atoms with Gasteiger partial charge in [-0.1, -0.05) is 11.8 Å². The second kappa shape index (κ2) is 11.7. The smallest absolute Gasteiger partial charge is 0.191 e. The molecule has 2 aromatic heterocycles. The number of aromatic nitrogens is 3. The van der Waals surface area contributed by atoms with Gasteiger partial charge in [-0.05, 0) is 19.4 Å². The summed E-state index contributed by atoms with van der Waals surface area (Å²) in [6.45, 7) is 4.44. The zero-order valence-corrected chi connectivity index (χ0v) is 17.3. The van der Waals surface area contributed by atoms with Crippen molar-refractivity contribution in [1.29, 1.82) is 0 Å². The summed E-state index contributed by atoms with van der Waals surface area (Å²) >= 11 is 3.49. The molecule has 2 N–H and O–H groups in total. The molecule has 0 amide bonds. The maximum absolute atomic E-state index is 4.58. The fourth-order valence-corrected chi connectivity index (χ4v) is 3.43. The molecule has 2 aromatic rings. The largest absolute Gasteiger partial charge is 0.357 e. The quantitative estimate of drug-likeness (QED) is 0.206. The van der Waals surface area contributed by atoms with Crippen LogP contribution in [0.4, 0.5) is 0 Å². The molecule has 0 bridgehead atoms. The summed E-state index contributed by atoms with van der Waals surface area (Å²) in [7, 11) is 1.93. The first-order valence-electron chi connectivity index (χ1n) is 7.31. The summed E-state index contributed by atoms with van der Waals surface area (Å²) < 4.78 is 2.98. The molecule has 0 unspecified atom stereocenters. The fourth-order valence-electron chi connectivity index (χ4n) is 1.78. The number of nitrogens with one attached hydrogen (secondary N) is 2. The van der Waals surface area contributed by atoms with Gasteiger partial charge in [-0.15, -0.1) is 35.3 Å². The van der Waals surface area contributed by atoms with Crippen molar-refractivity contribution >= 4 is 53.0 Å². The Balaban J connectivity index is 0.00000264. The molecule has 0 fully saturated rings. The van der Waals surface area contributed by atoms with Crippen LogP contribution in [0, 0.1) is 0 Å². The molecule has 0 saturated carbocycles. The van der Waals surface area contributed by atoms with Gasteiger partial charge in [0.25, 0.3) is 0 Å². The van der Waals surface area contributed by atoms with E-state index in [9.17, 15) is 0 Å². The maximum atomic E-state index is 4.58. The first-order valence-corrected chi connectivity index (χ1v) is 9.17. The minimum absolute atomic E-state index is 0. The molecule has 0 atom stereocenters. The molecule has 6 nitrogen and oxygen atoms in total. The molecular weight excluding hydrogens is 443 g/mol. The average molecular weight is 466 g/mol. The number of nitrogens with zero attached hydrogens (tertiary/aromatic N) is 4. The van der Waals surface area contributed by atoms with Crippen LogP contribution in [0.3, 0.4) is 0 Å². The van der Waals surface area contributed by atoms with E-state index in [4.69, 9.17) is 0 Å². The van der Waals surface area contributed by atoms with E-state index in [1.54, 1.807) is 29.3 Å². The van der Waals surface area contributed by atoms with Crippen LogP contribution in [-0.4, -0.2) is 39.6 Å². The SMILES string of the molecule is CCNC(=NCc1ccnn1C)NCCCSc1nccs1.I. The fraction of sp³-hybridized carbons (Fsp3) is 0.500. The highest BCUT2D eigenvalue weighted by Crippen LogP contribution is 2.20. The first kappa shape index (κ1) is 20.2. The first-order chi connectivity index (χ1) is 10.8. The zero-order chi connectivity index (χ0) is 15.6. The molecule has 0 aliphatic rings. The Kier molecular flexibility index (Phi) is 10.3. The minimum atomic E-state index is 0. The topological polar surface area (TPSA) is 67.1 Å². The second-order valence-corrected chi connectivity index (χ2v) is 6.80. The van der Waals surface area contributed by atoms with E-state index in [0.29, 0.717) is 6.54 Å². The predicted octanol–water partition coefficient (Wildman–Crippen LogP) is 2.73. The predicted molar refractivity (Wildman–Crippen MR) is 109 cm³/mol. The Morgan fingerprint density at radius 1 is 1.39 bits per heavy atom. The van der Waals surface area contributed by atoms with Crippen molar-refractivity contribution in [3.63, 3.8) is 0 Å². The van der Waals surface area contributed by atoms with E-state index in [1.165, 1.54) is 0 Å². The van der Waals surface area contributed by atoms with Gasteiger partial charge in [-0.25, -0.2) is 9.98 Å².